The molecule has 0 unspecified atom stereocenters. The van der Waals surface area contributed by atoms with Crippen LogP contribution < -0.4 is 5.73 Å². The van der Waals surface area contributed by atoms with Crippen LogP contribution in [-0.4, -0.2) is 42.1 Å². The molecule has 2 rings (SSSR count). The van der Waals surface area contributed by atoms with Gasteiger partial charge >= 0.3 is 5.97 Å². The fourth-order valence-electron chi connectivity index (χ4n) is 2.06. The number of carbonyl (C=O) groups excluding carboxylic acids is 1. The van der Waals surface area contributed by atoms with Gasteiger partial charge in [-0.15, -0.1) is 0 Å². The number of nitrogen functional groups attached to an aromatic ring is 1. The summed E-state index contributed by atoms with van der Waals surface area (Å²) in [6, 6.07) is 3.23. The maximum absolute atomic E-state index is 11.6. The van der Waals surface area contributed by atoms with E-state index in [1.54, 1.807) is 12.1 Å². The number of nitrogens with zero attached hydrogens (tertiary/aromatic N) is 2. The van der Waals surface area contributed by atoms with Crippen LogP contribution in [-0.2, 0) is 4.74 Å². The van der Waals surface area contributed by atoms with Gasteiger partial charge in [0.1, 0.15) is 5.69 Å². The predicted molar refractivity (Wildman–Crippen MR) is 69.2 cm³/mol. The van der Waals surface area contributed by atoms with Gasteiger partial charge in [-0.3, -0.25) is 0 Å². The molecule has 0 radical (unpaired) electrons. The first-order valence-corrected chi connectivity index (χ1v) is 6.37. The fourth-order valence-corrected chi connectivity index (χ4v) is 2.06. The van der Waals surface area contributed by atoms with Crippen molar-refractivity contribution in [2.75, 3.05) is 32.0 Å². The number of aromatic nitrogens is 1. The molecule has 1 aromatic heterocycles. The highest BCUT2D eigenvalue weighted by Crippen LogP contribution is 2.08. The second-order valence-electron chi connectivity index (χ2n) is 4.51. The smallest absolute Gasteiger partial charge is 0.356 e. The Kier molecular flexibility index (Phi) is 4.52. The molecule has 1 aliphatic heterocycles. The van der Waals surface area contributed by atoms with Crippen molar-refractivity contribution >= 4 is 11.7 Å². The van der Waals surface area contributed by atoms with Gasteiger partial charge in [0.25, 0.3) is 0 Å². The fraction of sp³-hybridized carbons (Fsp3) is 0.538. The maximum Gasteiger partial charge on any atom is 0.356 e. The molecule has 0 bridgehead atoms. The number of pyridine rings is 1. The number of anilines is 1. The molecule has 1 aliphatic rings. The minimum atomic E-state index is -0.378. The summed E-state index contributed by atoms with van der Waals surface area (Å²) in [6.07, 6.45) is 4.91. The largest absolute Gasteiger partial charge is 0.461 e. The van der Waals surface area contributed by atoms with Crippen molar-refractivity contribution < 1.29 is 9.53 Å². The number of carbonyl (C=O) groups is 1. The van der Waals surface area contributed by atoms with Crippen LogP contribution in [0.15, 0.2) is 18.3 Å². The van der Waals surface area contributed by atoms with Crippen molar-refractivity contribution in [3.63, 3.8) is 0 Å². The lowest BCUT2D eigenvalue weighted by molar-refractivity contribution is 0.0484. The Bertz CT molecular complexity index is 386. The minimum Gasteiger partial charge on any atom is -0.461 e. The molecular weight excluding hydrogens is 230 g/mol. The van der Waals surface area contributed by atoms with Crippen molar-refractivity contribution in [2.24, 2.45) is 0 Å². The highest BCUT2D eigenvalue weighted by atomic mass is 16.5. The van der Waals surface area contributed by atoms with E-state index in [0.717, 1.165) is 13.0 Å². The Labute approximate surface area is 107 Å². The summed E-state index contributed by atoms with van der Waals surface area (Å²) < 4.78 is 5.16. The molecular formula is C13H19N3O2. The lowest BCUT2D eigenvalue weighted by Gasteiger charge is -2.13. The average molecular weight is 249 g/mol. The zero-order valence-corrected chi connectivity index (χ0v) is 10.5. The van der Waals surface area contributed by atoms with Gasteiger partial charge in [-0.25, -0.2) is 9.78 Å². The van der Waals surface area contributed by atoms with Crippen molar-refractivity contribution in [3.05, 3.63) is 24.0 Å². The Morgan fingerprint density at radius 1 is 1.39 bits per heavy atom. The van der Waals surface area contributed by atoms with Crippen molar-refractivity contribution in [1.82, 2.24) is 9.88 Å². The van der Waals surface area contributed by atoms with E-state index in [4.69, 9.17) is 10.5 Å². The Balaban J connectivity index is 1.66. The summed E-state index contributed by atoms with van der Waals surface area (Å²) in [5.41, 5.74) is 6.35. The van der Waals surface area contributed by atoms with E-state index < -0.39 is 0 Å². The molecule has 18 heavy (non-hydrogen) atoms. The van der Waals surface area contributed by atoms with Gasteiger partial charge in [-0.2, -0.15) is 0 Å². The number of hydrogen-bond donors (Lipinski definition) is 1. The molecule has 0 spiro atoms. The van der Waals surface area contributed by atoms with Crippen LogP contribution in [0.1, 0.15) is 29.8 Å². The van der Waals surface area contributed by atoms with Crippen LogP contribution in [0.2, 0.25) is 0 Å². The third kappa shape index (κ3) is 3.70. The van der Waals surface area contributed by atoms with E-state index in [9.17, 15) is 4.79 Å². The third-order valence-corrected chi connectivity index (χ3v) is 3.05. The predicted octanol–water partition coefficient (Wildman–Crippen LogP) is 1.31. The molecule has 1 fully saturated rings. The second kappa shape index (κ2) is 6.35. The number of hydrogen-bond acceptors (Lipinski definition) is 5. The first-order valence-electron chi connectivity index (χ1n) is 6.37. The van der Waals surface area contributed by atoms with E-state index in [2.05, 4.69) is 9.88 Å². The van der Waals surface area contributed by atoms with Crippen molar-refractivity contribution in [2.45, 2.75) is 19.3 Å². The Morgan fingerprint density at radius 2 is 2.17 bits per heavy atom. The standard InChI is InChI=1S/C13H19N3O2/c14-11-4-5-12(15-10-11)13(17)18-9-3-8-16-6-1-2-7-16/h4-5,10H,1-3,6-9,14H2. The number of nitrogens with two attached hydrogens (primary N) is 1. The van der Waals surface area contributed by atoms with Crippen LogP contribution in [0.4, 0.5) is 5.69 Å². The summed E-state index contributed by atoms with van der Waals surface area (Å²) in [6.45, 7) is 3.80. The molecule has 0 atom stereocenters. The summed E-state index contributed by atoms with van der Waals surface area (Å²) >= 11 is 0. The van der Waals surface area contributed by atoms with E-state index in [1.807, 2.05) is 0 Å². The van der Waals surface area contributed by atoms with Crippen molar-refractivity contribution in [3.8, 4) is 0 Å². The molecule has 98 valence electrons. The number of rotatable bonds is 5. The Hall–Kier alpha value is -1.62. The van der Waals surface area contributed by atoms with Gasteiger partial charge in [-0.1, -0.05) is 0 Å². The number of ether oxygens (including phenoxy) is 1. The van der Waals surface area contributed by atoms with Gasteiger partial charge in [0.2, 0.25) is 0 Å². The van der Waals surface area contributed by atoms with E-state index in [1.165, 1.54) is 32.1 Å². The molecule has 0 aliphatic carbocycles. The zero-order chi connectivity index (χ0) is 12.8. The first kappa shape index (κ1) is 12.8. The quantitative estimate of drug-likeness (QED) is 0.629. The minimum absolute atomic E-state index is 0.311. The normalized spacial score (nSPS) is 15.8. The average Bonchev–Trinajstić information content (AvgIpc) is 2.88. The van der Waals surface area contributed by atoms with Crippen LogP contribution in [0.25, 0.3) is 0 Å². The molecule has 5 heteroatoms. The molecule has 2 heterocycles. The SMILES string of the molecule is Nc1ccc(C(=O)OCCCN2CCCC2)nc1. The number of esters is 1. The second-order valence-corrected chi connectivity index (χ2v) is 4.51. The molecule has 0 amide bonds. The highest BCUT2D eigenvalue weighted by molar-refractivity contribution is 5.87. The van der Waals surface area contributed by atoms with E-state index in [-0.39, 0.29) is 5.97 Å². The topological polar surface area (TPSA) is 68.5 Å². The maximum atomic E-state index is 11.6. The summed E-state index contributed by atoms with van der Waals surface area (Å²) in [5.74, 6) is -0.378. The third-order valence-electron chi connectivity index (χ3n) is 3.05. The zero-order valence-electron chi connectivity index (χ0n) is 10.5. The van der Waals surface area contributed by atoms with Crippen LogP contribution in [0.3, 0.4) is 0 Å². The number of likely N-dealkylation sites (tertiary alicyclic amines) is 1. The van der Waals surface area contributed by atoms with Crippen LogP contribution >= 0.6 is 0 Å². The molecule has 1 saturated heterocycles. The molecule has 1 aromatic rings. The first-order chi connectivity index (χ1) is 8.75. The van der Waals surface area contributed by atoms with Crippen LogP contribution in [0, 0.1) is 0 Å². The van der Waals surface area contributed by atoms with Gasteiger partial charge in [-0.05, 0) is 44.5 Å². The van der Waals surface area contributed by atoms with E-state index >= 15 is 0 Å². The summed E-state index contributed by atoms with van der Waals surface area (Å²) in [7, 11) is 0. The van der Waals surface area contributed by atoms with Gasteiger partial charge in [0, 0.05) is 6.54 Å². The van der Waals surface area contributed by atoms with Crippen LogP contribution in [0.5, 0.6) is 0 Å². The lowest BCUT2D eigenvalue weighted by atomic mass is 10.3. The highest BCUT2D eigenvalue weighted by Gasteiger charge is 2.12. The summed E-state index contributed by atoms with van der Waals surface area (Å²) in [4.78, 5) is 17.9. The van der Waals surface area contributed by atoms with Crippen molar-refractivity contribution in [1.29, 1.82) is 0 Å². The van der Waals surface area contributed by atoms with Gasteiger partial charge < -0.3 is 15.4 Å². The Morgan fingerprint density at radius 3 is 2.83 bits per heavy atom. The monoisotopic (exact) mass is 249 g/mol. The molecule has 0 aromatic carbocycles. The summed E-state index contributed by atoms with van der Waals surface area (Å²) in [5, 5.41) is 0. The van der Waals surface area contributed by atoms with E-state index in [0.29, 0.717) is 18.0 Å². The molecule has 5 nitrogen and oxygen atoms in total. The molecule has 2 N–H and O–H groups in total. The lowest BCUT2D eigenvalue weighted by Crippen LogP contribution is -2.22. The molecule has 0 saturated carbocycles. The van der Waals surface area contributed by atoms with Gasteiger partial charge in [0.15, 0.2) is 0 Å². The van der Waals surface area contributed by atoms with Gasteiger partial charge in [0.05, 0.1) is 18.5 Å².